The first-order chi connectivity index (χ1) is 38.0. The van der Waals surface area contributed by atoms with Gasteiger partial charge in [-0.1, -0.05) is 271 Å². The first-order valence-corrected chi connectivity index (χ1v) is 33.1. The third-order valence-electron chi connectivity index (χ3n) is 13.3. The lowest BCUT2D eigenvalue weighted by molar-refractivity contribution is -0.870. The molecule has 2 atom stereocenters. The molecular formula is C68H119NO8P+. The highest BCUT2D eigenvalue weighted by atomic mass is 31.2. The van der Waals surface area contributed by atoms with Gasteiger partial charge >= 0.3 is 19.8 Å². The van der Waals surface area contributed by atoms with Crippen molar-refractivity contribution in [1.82, 2.24) is 0 Å². The Labute approximate surface area is 480 Å². The molecule has 0 fully saturated rings. The molecule has 0 saturated carbocycles. The van der Waals surface area contributed by atoms with Crippen molar-refractivity contribution < 1.29 is 42.1 Å². The SMILES string of the molecule is CC/C=C\C/C=C\C/C=C\C/C=C\C/C=C\CCCCCCCCCCCCCCCCCCCCCCCCCCCC(=O)OC(COC(=O)CC/C=C\C/C=C\C/C=C\C/C=C\CC)COP(=O)(O)OCC[N+](C)(C)C. The molecule has 9 nitrogen and oxygen atoms in total. The zero-order chi connectivity index (χ0) is 57.0. The van der Waals surface area contributed by atoms with E-state index in [0.717, 1.165) is 77.0 Å². The Morgan fingerprint density at radius 1 is 0.397 bits per heavy atom. The van der Waals surface area contributed by atoms with Crippen LogP contribution in [0.5, 0.6) is 0 Å². The third-order valence-corrected chi connectivity index (χ3v) is 14.3. The summed E-state index contributed by atoms with van der Waals surface area (Å²) in [6.45, 7) is 4.12. The predicted octanol–water partition coefficient (Wildman–Crippen LogP) is 20.2. The molecule has 0 bridgehead atoms. The number of esters is 2. The number of carbonyl (C=O) groups is 2. The summed E-state index contributed by atoms with van der Waals surface area (Å²) >= 11 is 0. The van der Waals surface area contributed by atoms with Gasteiger partial charge in [-0.2, -0.15) is 0 Å². The third kappa shape index (κ3) is 61.9. The van der Waals surface area contributed by atoms with Gasteiger partial charge in [0.15, 0.2) is 6.10 Å². The van der Waals surface area contributed by atoms with Gasteiger partial charge in [0.25, 0.3) is 0 Å². The number of hydrogen-bond acceptors (Lipinski definition) is 7. The Bertz CT molecular complexity index is 1680. The first-order valence-electron chi connectivity index (χ1n) is 31.6. The minimum Gasteiger partial charge on any atom is -0.462 e. The molecule has 1 N–H and O–H groups in total. The van der Waals surface area contributed by atoms with Crippen molar-refractivity contribution in [3.8, 4) is 0 Å². The molecule has 0 saturated heterocycles. The van der Waals surface area contributed by atoms with Gasteiger partial charge in [-0.05, 0) is 83.5 Å². The molecule has 0 radical (unpaired) electrons. The van der Waals surface area contributed by atoms with Gasteiger partial charge in [-0.25, -0.2) is 4.57 Å². The number of quaternary nitrogens is 1. The molecule has 0 amide bonds. The van der Waals surface area contributed by atoms with Crippen LogP contribution in [0.2, 0.25) is 0 Å². The highest BCUT2D eigenvalue weighted by molar-refractivity contribution is 7.47. The number of nitrogens with zero attached hydrogens (tertiary/aromatic N) is 1. The average molecular weight is 1110 g/mol. The van der Waals surface area contributed by atoms with Gasteiger partial charge < -0.3 is 18.9 Å². The molecule has 0 spiro atoms. The molecule has 448 valence electrons. The monoisotopic (exact) mass is 1110 g/mol. The molecule has 0 rings (SSSR count). The quantitative estimate of drug-likeness (QED) is 0.0211. The van der Waals surface area contributed by atoms with Crippen LogP contribution in [0.25, 0.3) is 0 Å². The van der Waals surface area contributed by atoms with Gasteiger partial charge in [0.2, 0.25) is 0 Å². The van der Waals surface area contributed by atoms with Crippen LogP contribution in [0, 0.1) is 0 Å². The molecule has 0 heterocycles. The van der Waals surface area contributed by atoms with Crippen molar-refractivity contribution in [3.63, 3.8) is 0 Å². The molecule has 0 aromatic carbocycles. The Morgan fingerprint density at radius 3 is 1.08 bits per heavy atom. The number of unbranched alkanes of at least 4 members (excludes halogenated alkanes) is 25. The maximum absolute atomic E-state index is 12.8. The number of ether oxygens (including phenoxy) is 2. The Morgan fingerprint density at radius 2 is 0.718 bits per heavy atom. The van der Waals surface area contributed by atoms with Crippen molar-refractivity contribution in [2.24, 2.45) is 0 Å². The molecule has 0 aliphatic carbocycles. The summed E-state index contributed by atoms with van der Waals surface area (Å²) in [5.41, 5.74) is 0. The van der Waals surface area contributed by atoms with E-state index in [9.17, 15) is 19.0 Å². The second-order valence-corrected chi connectivity index (χ2v) is 23.5. The van der Waals surface area contributed by atoms with Crippen molar-refractivity contribution in [3.05, 3.63) is 109 Å². The van der Waals surface area contributed by atoms with Gasteiger partial charge in [0.1, 0.15) is 19.8 Å². The van der Waals surface area contributed by atoms with E-state index in [2.05, 4.69) is 111 Å². The highest BCUT2D eigenvalue weighted by Gasteiger charge is 2.27. The van der Waals surface area contributed by atoms with Crippen LogP contribution in [-0.2, 0) is 32.7 Å². The minimum absolute atomic E-state index is 0.0188. The van der Waals surface area contributed by atoms with Crippen molar-refractivity contribution in [1.29, 1.82) is 0 Å². The Hall–Kier alpha value is -3.33. The molecule has 2 unspecified atom stereocenters. The minimum atomic E-state index is -4.40. The van der Waals surface area contributed by atoms with E-state index >= 15 is 0 Å². The van der Waals surface area contributed by atoms with Crippen LogP contribution in [0.1, 0.15) is 258 Å². The molecular weight excluding hydrogens is 990 g/mol. The van der Waals surface area contributed by atoms with Crippen LogP contribution in [0.15, 0.2) is 109 Å². The van der Waals surface area contributed by atoms with Crippen molar-refractivity contribution >= 4 is 19.8 Å². The number of phosphoric ester groups is 1. The first kappa shape index (κ1) is 74.7. The molecule has 0 aromatic rings. The fourth-order valence-electron chi connectivity index (χ4n) is 8.53. The van der Waals surface area contributed by atoms with E-state index in [1.165, 1.54) is 141 Å². The van der Waals surface area contributed by atoms with Gasteiger partial charge in [-0.15, -0.1) is 0 Å². The van der Waals surface area contributed by atoms with E-state index in [4.69, 9.17) is 18.5 Å². The predicted molar refractivity (Wildman–Crippen MR) is 335 cm³/mol. The topological polar surface area (TPSA) is 108 Å². The average Bonchev–Trinajstić information content (AvgIpc) is 3.40. The molecule has 0 aliphatic heterocycles. The maximum atomic E-state index is 12.8. The van der Waals surface area contributed by atoms with Crippen molar-refractivity contribution in [2.45, 2.75) is 264 Å². The lowest BCUT2D eigenvalue weighted by atomic mass is 10.0. The smallest absolute Gasteiger partial charge is 0.462 e. The van der Waals surface area contributed by atoms with Crippen molar-refractivity contribution in [2.75, 3.05) is 47.5 Å². The fourth-order valence-corrected chi connectivity index (χ4v) is 9.27. The largest absolute Gasteiger partial charge is 0.472 e. The van der Waals surface area contributed by atoms with Gasteiger partial charge in [0.05, 0.1) is 27.7 Å². The number of allylic oxidation sites excluding steroid dienone is 18. The number of hydrogen-bond donors (Lipinski definition) is 1. The van der Waals surface area contributed by atoms with Crippen LogP contribution < -0.4 is 0 Å². The Balaban J connectivity index is 3.91. The highest BCUT2D eigenvalue weighted by Crippen LogP contribution is 2.43. The van der Waals surface area contributed by atoms with Crippen LogP contribution in [0.4, 0.5) is 0 Å². The van der Waals surface area contributed by atoms with E-state index in [0.29, 0.717) is 23.9 Å². The summed E-state index contributed by atoms with van der Waals surface area (Å²) in [5, 5.41) is 0. The van der Waals surface area contributed by atoms with Gasteiger partial charge in [0, 0.05) is 12.8 Å². The number of carbonyl (C=O) groups excluding carboxylic acids is 2. The zero-order valence-electron chi connectivity index (χ0n) is 50.9. The lowest BCUT2D eigenvalue weighted by Crippen LogP contribution is -2.37. The van der Waals surface area contributed by atoms with Gasteiger partial charge in [-0.3, -0.25) is 18.6 Å². The van der Waals surface area contributed by atoms with Crippen LogP contribution in [0.3, 0.4) is 0 Å². The fraction of sp³-hybridized carbons (Fsp3) is 0.706. The summed E-state index contributed by atoms with van der Waals surface area (Å²) in [6, 6.07) is 0. The lowest BCUT2D eigenvalue weighted by Gasteiger charge is -2.24. The van der Waals surface area contributed by atoms with E-state index in [1.54, 1.807) is 0 Å². The summed E-state index contributed by atoms with van der Waals surface area (Å²) in [6.07, 6.45) is 82.3. The molecule has 10 heteroatoms. The Kier molecular flexibility index (Phi) is 55.8. The second kappa shape index (κ2) is 58.3. The number of rotatable bonds is 57. The summed E-state index contributed by atoms with van der Waals surface area (Å²) < 4.78 is 34.4. The second-order valence-electron chi connectivity index (χ2n) is 22.0. The van der Waals surface area contributed by atoms with Crippen LogP contribution >= 0.6 is 7.82 Å². The molecule has 0 aliphatic rings. The van der Waals surface area contributed by atoms with E-state index < -0.39 is 32.5 Å². The standard InChI is InChI=1S/C68H118NO8P/c1-6-8-10-12-14-16-18-20-21-22-23-24-25-26-27-28-29-30-31-32-33-34-35-36-37-38-39-40-41-42-43-44-45-46-47-49-51-53-55-57-59-61-68(71)77-66(65-76-78(72,73)75-63-62-69(3,4)5)64-74-67(70)60-58-56-54-52-50-48-19-17-15-13-11-9-7-2/h8-11,14-17,20-21,23-24,26-27,48,50,54,56,66H,6-7,12-13,18-19,22,25,28-47,49,51-53,55,57-65H2,1-5H3/p+1/b10-8-,11-9-,16-14-,17-15-,21-20-,24-23-,27-26-,50-48-,56-54-. The number of likely N-dealkylation sites (N-methyl/N-ethyl adjacent to an activating group) is 1. The summed E-state index contributed by atoms with van der Waals surface area (Å²) in [4.78, 5) is 35.6. The maximum Gasteiger partial charge on any atom is 0.472 e. The van der Waals surface area contributed by atoms with E-state index in [-0.39, 0.29) is 26.1 Å². The number of phosphoric acid groups is 1. The zero-order valence-corrected chi connectivity index (χ0v) is 51.8. The summed E-state index contributed by atoms with van der Waals surface area (Å²) in [7, 11) is 1.44. The molecule has 0 aromatic heterocycles. The normalized spacial score (nSPS) is 14.0. The van der Waals surface area contributed by atoms with Crippen LogP contribution in [-0.4, -0.2) is 74.9 Å². The summed E-state index contributed by atoms with van der Waals surface area (Å²) in [5.74, 6) is -0.890. The molecule has 78 heavy (non-hydrogen) atoms. The van der Waals surface area contributed by atoms with E-state index in [1.807, 2.05) is 33.3 Å².